The normalized spacial score (nSPS) is 10.5. The largest absolute Gasteiger partial charge is 0.508 e. The zero-order valence-electron chi connectivity index (χ0n) is 11.3. The Morgan fingerprint density at radius 1 is 1.00 bits per heavy atom. The predicted molar refractivity (Wildman–Crippen MR) is 80.9 cm³/mol. The molecule has 0 spiro atoms. The van der Waals surface area contributed by atoms with E-state index in [0.717, 1.165) is 5.56 Å². The third-order valence-electron chi connectivity index (χ3n) is 2.84. The number of amides is 1. The average molecular weight is 281 g/mol. The van der Waals surface area contributed by atoms with Crippen LogP contribution in [0.4, 0.5) is 0 Å². The van der Waals surface area contributed by atoms with Gasteiger partial charge in [0, 0.05) is 11.6 Å². The lowest BCUT2D eigenvalue weighted by Crippen LogP contribution is -2.27. The van der Waals surface area contributed by atoms with Crippen molar-refractivity contribution in [3.05, 3.63) is 71.8 Å². The van der Waals surface area contributed by atoms with E-state index in [-0.39, 0.29) is 24.0 Å². The Labute approximate surface area is 122 Å². The van der Waals surface area contributed by atoms with E-state index in [1.165, 1.54) is 30.3 Å². The van der Waals surface area contributed by atoms with Gasteiger partial charge >= 0.3 is 0 Å². The summed E-state index contributed by atoms with van der Waals surface area (Å²) in [5.74, 6) is -0.441. The van der Waals surface area contributed by atoms with Crippen LogP contribution in [0, 0.1) is 0 Å². The van der Waals surface area contributed by atoms with E-state index >= 15 is 0 Å². The van der Waals surface area contributed by atoms with E-state index in [1.807, 2.05) is 30.3 Å². The molecule has 0 fully saturated rings. The number of hydrogen-bond donors (Lipinski definition) is 2. The Morgan fingerprint density at radius 2 is 1.67 bits per heavy atom. The Kier molecular flexibility index (Phi) is 4.88. The van der Waals surface area contributed by atoms with Crippen molar-refractivity contribution in [2.75, 3.05) is 6.54 Å². The lowest BCUT2D eigenvalue weighted by atomic mass is 10.1. The number of nitrogens with one attached hydrogen (secondary N) is 1. The van der Waals surface area contributed by atoms with Crippen molar-refractivity contribution in [2.24, 2.45) is 0 Å². The standard InChI is InChI=1S/C17H15NO3/c19-15-9-7-14(8-10-15)16(20)12-18-17(21)11-6-13-4-2-1-3-5-13/h1-11,19H,12H2,(H,18,21). The fourth-order valence-corrected chi connectivity index (χ4v) is 1.71. The molecular weight excluding hydrogens is 266 g/mol. The summed E-state index contributed by atoms with van der Waals surface area (Å²) in [5.41, 5.74) is 1.36. The Hall–Kier alpha value is -2.88. The molecule has 0 heterocycles. The number of hydrogen-bond acceptors (Lipinski definition) is 3. The van der Waals surface area contributed by atoms with Crippen LogP contribution < -0.4 is 5.32 Å². The van der Waals surface area contributed by atoms with Gasteiger partial charge in [0.25, 0.3) is 0 Å². The maximum absolute atomic E-state index is 11.8. The molecule has 2 N–H and O–H groups in total. The first-order valence-electron chi connectivity index (χ1n) is 6.48. The molecule has 0 radical (unpaired) electrons. The molecule has 2 aromatic carbocycles. The van der Waals surface area contributed by atoms with Crippen molar-refractivity contribution < 1.29 is 14.7 Å². The molecule has 2 aromatic rings. The number of benzene rings is 2. The summed E-state index contributed by atoms with van der Waals surface area (Å²) >= 11 is 0. The molecule has 0 aliphatic carbocycles. The zero-order chi connectivity index (χ0) is 15.1. The number of carbonyl (C=O) groups excluding carboxylic acids is 2. The second kappa shape index (κ2) is 7.05. The van der Waals surface area contributed by atoms with Gasteiger partial charge in [0.1, 0.15) is 5.75 Å². The molecule has 0 aliphatic heterocycles. The summed E-state index contributed by atoms with van der Waals surface area (Å²) in [5, 5.41) is 11.7. The molecule has 4 heteroatoms. The SMILES string of the molecule is O=C(C=Cc1ccccc1)NCC(=O)c1ccc(O)cc1. The summed E-state index contributed by atoms with van der Waals surface area (Å²) < 4.78 is 0. The van der Waals surface area contributed by atoms with Gasteiger partial charge in [-0.05, 0) is 35.9 Å². The fraction of sp³-hybridized carbons (Fsp3) is 0.0588. The zero-order valence-corrected chi connectivity index (χ0v) is 11.3. The summed E-state index contributed by atoms with van der Waals surface area (Å²) in [7, 11) is 0. The van der Waals surface area contributed by atoms with E-state index in [9.17, 15) is 9.59 Å². The van der Waals surface area contributed by atoms with E-state index in [0.29, 0.717) is 5.56 Å². The molecule has 0 saturated carbocycles. The highest BCUT2D eigenvalue weighted by atomic mass is 16.3. The van der Waals surface area contributed by atoms with E-state index in [1.54, 1.807) is 6.08 Å². The Bertz CT molecular complexity index is 645. The molecule has 4 nitrogen and oxygen atoms in total. The lowest BCUT2D eigenvalue weighted by molar-refractivity contribution is -0.116. The molecule has 21 heavy (non-hydrogen) atoms. The van der Waals surface area contributed by atoms with Crippen molar-refractivity contribution in [3.63, 3.8) is 0 Å². The Balaban J connectivity index is 1.85. The van der Waals surface area contributed by atoms with Gasteiger partial charge in [-0.25, -0.2) is 0 Å². The van der Waals surface area contributed by atoms with E-state index in [2.05, 4.69) is 5.32 Å². The monoisotopic (exact) mass is 281 g/mol. The first-order valence-corrected chi connectivity index (χ1v) is 6.48. The minimum atomic E-state index is -0.328. The van der Waals surface area contributed by atoms with Gasteiger partial charge < -0.3 is 10.4 Å². The van der Waals surface area contributed by atoms with Crippen LogP contribution in [0.25, 0.3) is 6.08 Å². The second-order valence-electron chi connectivity index (χ2n) is 4.43. The molecule has 0 bridgehead atoms. The van der Waals surface area contributed by atoms with Crippen LogP contribution in [0.15, 0.2) is 60.7 Å². The van der Waals surface area contributed by atoms with Crippen LogP contribution in [0.5, 0.6) is 5.75 Å². The van der Waals surface area contributed by atoms with Crippen molar-refractivity contribution >= 4 is 17.8 Å². The van der Waals surface area contributed by atoms with Gasteiger partial charge in [0.15, 0.2) is 5.78 Å². The van der Waals surface area contributed by atoms with Gasteiger partial charge in [-0.3, -0.25) is 9.59 Å². The average Bonchev–Trinajstić information content (AvgIpc) is 2.52. The van der Waals surface area contributed by atoms with Crippen molar-refractivity contribution in [2.45, 2.75) is 0 Å². The van der Waals surface area contributed by atoms with Crippen LogP contribution in [-0.2, 0) is 4.79 Å². The van der Waals surface area contributed by atoms with Crippen LogP contribution in [0.1, 0.15) is 15.9 Å². The van der Waals surface area contributed by atoms with Crippen molar-refractivity contribution in [3.8, 4) is 5.75 Å². The molecule has 2 rings (SSSR count). The third-order valence-corrected chi connectivity index (χ3v) is 2.84. The number of phenols is 1. The highest BCUT2D eigenvalue weighted by Gasteiger charge is 2.06. The predicted octanol–water partition coefficient (Wildman–Crippen LogP) is 2.40. The molecule has 0 atom stereocenters. The maximum Gasteiger partial charge on any atom is 0.244 e. The number of aromatic hydroxyl groups is 1. The molecule has 0 unspecified atom stereocenters. The Morgan fingerprint density at radius 3 is 2.33 bits per heavy atom. The van der Waals surface area contributed by atoms with Gasteiger partial charge in [0.05, 0.1) is 6.54 Å². The minimum absolute atomic E-state index is 0.0806. The van der Waals surface area contributed by atoms with Crippen molar-refractivity contribution in [1.82, 2.24) is 5.32 Å². The summed E-state index contributed by atoms with van der Waals surface area (Å²) in [4.78, 5) is 23.4. The molecular formula is C17H15NO3. The molecule has 0 saturated heterocycles. The van der Waals surface area contributed by atoms with Gasteiger partial charge in [-0.2, -0.15) is 0 Å². The van der Waals surface area contributed by atoms with Gasteiger partial charge in [-0.15, -0.1) is 0 Å². The first-order chi connectivity index (χ1) is 10.1. The molecule has 0 aromatic heterocycles. The summed E-state index contributed by atoms with van der Waals surface area (Å²) in [6, 6.07) is 15.3. The number of carbonyl (C=O) groups is 2. The van der Waals surface area contributed by atoms with Crippen LogP contribution in [0.2, 0.25) is 0 Å². The maximum atomic E-state index is 11.8. The molecule has 106 valence electrons. The minimum Gasteiger partial charge on any atom is -0.508 e. The topological polar surface area (TPSA) is 66.4 Å². The quantitative estimate of drug-likeness (QED) is 0.653. The van der Waals surface area contributed by atoms with Gasteiger partial charge in [0.2, 0.25) is 5.91 Å². The van der Waals surface area contributed by atoms with E-state index in [4.69, 9.17) is 5.11 Å². The number of rotatable bonds is 5. The third kappa shape index (κ3) is 4.62. The fourth-order valence-electron chi connectivity index (χ4n) is 1.71. The van der Waals surface area contributed by atoms with E-state index < -0.39 is 0 Å². The molecule has 0 aliphatic rings. The number of Topliss-reactive ketones (excluding diaryl/α,β-unsaturated/α-hetero) is 1. The van der Waals surface area contributed by atoms with Crippen molar-refractivity contribution in [1.29, 1.82) is 0 Å². The lowest BCUT2D eigenvalue weighted by Gasteiger charge is -2.02. The van der Waals surface area contributed by atoms with Crippen LogP contribution >= 0.6 is 0 Å². The van der Waals surface area contributed by atoms with Crippen LogP contribution in [-0.4, -0.2) is 23.3 Å². The number of phenolic OH excluding ortho intramolecular Hbond substituents is 1. The summed E-state index contributed by atoms with van der Waals surface area (Å²) in [6.07, 6.45) is 3.07. The highest BCUT2D eigenvalue weighted by molar-refractivity contribution is 6.01. The van der Waals surface area contributed by atoms with Crippen LogP contribution in [0.3, 0.4) is 0 Å². The molecule has 1 amide bonds. The summed E-state index contributed by atoms with van der Waals surface area (Å²) in [6.45, 7) is -0.0806. The second-order valence-corrected chi connectivity index (χ2v) is 4.43. The first kappa shape index (κ1) is 14.5. The number of ketones is 1. The van der Waals surface area contributed by atoms with Gasteiger partial charge in [-0.1, -0.05) is 30.3 Å². The smallest absolute Gasteiger partial charge is 0.244 e. The highest BCUT2D eigenvalue weighted by Crippen LogP contribution is 2.09.